The average molecular weight is 474 g/mol. The van der Waals surface area contributed by atoms with Gasteiger partial charge < -0.3 is 24.5 Å². The second-order valence-corrected chi connectivity index (χ2v) is 8.63. The lowest BCUT2D eigenvalue weighted by Gasteiger charge is -2.17. The van der Waals surface area contributed by atoms with Crippen LogP contribution in [0.5, 0.6) is 0 Å². The summed E-state index contributed by atoms with van der Waals surface area (Å²) >= 11 is 0. The van der Waals surface area contributed by atoms with E-state index in [9.17, 15) is 14.4 Å². The number of nitrogens with zero attached hydrogens (tertiary/aromatic N) is 3. The van der Waals surface area contributed by atoms with Crippen LogP contribution in [0.4, 0.5) is 10.5 Å². The van der Waals surface area contributed by atoms with Gasteiger partial charge in [-0.05, 0) is 35.7 Å². The number of amides is 2. The van der Waals surface area contributed by atoms with Crippen LogP contribution in [0.2, 0.25) is 0 Å². The van der Waals surface area contributed by atoms with Crippen LogP contribution in [0.1, 0.15) is 13.8 Å². The summed E-state index contributed by atoms with van der Waals surface area (Å²) in [6.45, 7) is 4.04. The zero-order valence-electron chi connectivity index (χ0n) is 19.8. The summed E-state index contributed by atoms with van der Waals surface area (Å²) in [5.74, 6) is -0.129. The van der Waals surface area contributed by atoms with Crippen molar-refractivity contribution in [3.63, 3.8) is 0 Å². The molecule has 0 aliphatic carbocycles. The predicted octanol–water partition coefficient (Wildman–Crippen LogP) is 4.04. The fourth-order valence-electron chi connectivity index (χ4n) is 3.64. The van der Waals surface area contributed by atoms with Crippen LogP contribution in [-0.4, -0.2) is 51.6 Å². The van der Waals surface area contributed by atoms with Crippen molar-refractivity contribution in [3.05, 3.63) is 77.5 Å². The summed E-state index contributed by atoms with van der Waals surface area (Å²) in [5.41, 5.74) is 3.31. The number of carbonyl (C=O) groups is 2. The van der Waals surface area contributed by atoms with Crippen LogP contribution in [0.3, 0.4) is 0 Å². The molecule has 9 heteroatoms. The number of carbonyl (C=O) groups excluding carboxylic acids is 2. The average Bonchev–Trinajstić information content (AvgIpc) is 3.24. The molecule has 2 amide bonds. The van der Waals surface area contributed by atoms with E-state index in [1.54, 1.807) is 12.1 Å². The van der Waals surface area contributed by atoms with Crippen molar-refractivity contribution in [2.45, 2.75) is 13.8 Å². The van der Waals surface area contributed by atoms with Gasteiger partial charge in [-0.25, -0.2) is 9.78 Å². The molecule has 35 heavy (non-hydrogen) atoms. The van der Waals surface area contributed by atoms with Gasteiger partial charge in [-0.1, -0.05) is 44.2 Å². The summed E-state index contributed by atoms with van der Waals surface area (Å²) in [6, 6.07) is 16.8. The van der Waals surface area contributed by atoms with Gasteiger partial charge in [0.25, 0.3) is 5.56 Å². The Bertz CT molecular complexity index is 1390. The number of aromatic nitrogens is 3. The van der Waals surface area contributed by atoms with Crippen molar-refractivity contribution in [2.24, 2.45) is 5.92 Å². The lowest BCUT2D eigenvalue weighted by molar-refractivity contribution is -0.116. The summed E-state index contributed by atoms with van der Waals surface area (Å²) < 4.78 is 7.01. The minimum atomic E-state index is -0.544. The van der Waals surface area contributed by atoms with Crippen molar-refractivity contribution in [3.8, 4) is 16.8 Å². The maximum absolute atomic E-state index is 12.7. The van der Waals surface area contributed by atoms with E-state index in [1.165, 1.54) is 18.3 Å². The number of H-pyrrole nitrogens is 1. The minimum absolute atomic E-state index is 0.135. The molecule has 0 radical (unpaired) electrons. The van der Waals surface area contributed by atoms with E-state index in [-0.39, 0.29) is 23.9 Å². The van der Waals surface area contributed by atoms with E-state index in [2.05, 4.69) is 15.3 Å². The molecule has 0 saturated heterocycles. The molecule has 2 aromatic carbocycles. The first-order valence-electron chi connectivity index (χ1n) is 11.3. The molecule has 180 valence electrons. The fraction of sp³-hybridized carbons (Fsp3) is 0.231. The standard InChI is InChI=1S/C26H27N5O4/c1-17(2)15-35-26(34)30(3)14-22(32)29-19-11-9-18(10-12-19)21-13-31(20-7-5-4-6-8-20)24-23(21)25(33)28-16-27-24/h4-13,16-17H,14-15H2,1-3H3,(H,29,32)(H,27,28,33). The topological polar surface area (TPSA) is 109 Å². The summed E-state index contributed by atoms with van der Waals surface area (Å²) in [5, 5.41) is 3.26. The third-order valence-corrected chi connectivity index (χ3v) is 5.34. The summed E-state index contributed by atoms with van der Waals surface area (Å²) in [7, 11) is 1.51. The smallest absolute Gasteiger partial charge is 0.409 e. The van der Waals surface area contributed by atoms with Crippen LogP contribution in [-0.2, 0) is 9.53 Å². The zero-order chi connectivity index (χ0) is 24.9. The molecule has 2 N–H and O–H groups in total. The molecule has 0 atom stereocenters. The number of hydrogen-bond donors (Lipinski definition) is 2. The van der Waals surface area contributed by atoms with E-state index in [1.807, 2.05) is 67.1 Å². The second kappa shape index (κ2) is 10.3. The monoisotopic (exact) mass is 473 g/mol. The largest absolute Gasteiger partial charge is 0.449 e. The normalized spacial score (nSPS) is 11.0. The molecular weight excluding hydrogens is 446 g/mol. The van der Waals surface area contributed by atoms with Gasteiger partial charge in [-0.3, -0.25) is 9.59 Å². The van der Waals surface area contributed by atoms with Gasteiger partial charge in [-0.2, -0.15) is 0 Å². The Kier molecular flexibility index (Phi) is 6.96. The highest BCUT2D eigenvalue weighted by atomic mass is 16.6. The molecule has 0 fully saturated rings. The lowest BCUT2D eigenvalue weighted by atomic mass is 10.1. The molecule has 0 bridgehead atoms. The molecule has 0 aliphatic heterocycles. The van der Waals surface area contributed by atoms with Gasteiger partial charge in [0.15, 0.2) is 5.65 Å². The molecular formula is C26H27N5O4. The Morgan fingerprint density at radius 1 is 1.11 bits per heavy atom. The Labute approximate surface area is 202 Å². The van der Waals surface area contributed by atoms with Crippen LogP contribution in [0, 0.1) is 5.92 Å². The summed E-state index contributed by atoms with van der Waals surface area (Å²) in [6.07, 6.45) is 2.73. The van der Waals surface area contributed by atoms with Gasteiger partial charge in [-0.15, -0.1) is 0 Å². The van der Waals surface area contributed by atoms with Gasteiger partial charge in [0.1, 0.15) is 6.54 Å². The van der Waals surface area contributed by atoms with E-state index in [0.29, 0.717) is 23.3 Å². The molecule has 0 aliphatic rings. The number of fused-ring (bicyclic) bond motifs is 1. The van der Waals surface area contributed by atoms with Gasteiger partial charge in [0.2, 0.25) is 5.91 Å². The zero-order valence-corrected chi connectivity index (χ0v) is 19.8. The van der Waals surface area contributed by atoms with Crippen molar-refractivity contribution >= 4 is 28.7 Å². The fourth-order valence-corrected chi connectivity index (χ4v) is 3.64. The first kappa shape index (κ1) is 23.7. The molecule has 9 nitrogen and oxygen atoms in total. The first-order valence-corrected chi connectivity index (χ1v) is 11.3. The van der Waals surface area contributed by atoms with Crippen LogP contribution in [0.25, 0.3) is 27.8 Å². The van der Waals surface area contributed by atoms with Crippen LogP contribution < -0.4 is 10.9 Å². The lowest BCUT2D eigenvalue weighted by Crippen LogP contribution is -2.35. The maximum atomic E-state index is 12.7. The highest BCUT2D eigenvalue weighted by molar-refractivity contribution is 5.96. The highest BCUT2D eigenvalue weighted by Crippen LogP contribution is 2.30. The number of para-hydroxylation sites is 1. The third-order valence-electron chi connectivity index (χ3n) is 5.34. The number of aromatic amines is 1. The van der Waals surface area contributed by atoms with Crippen molar-refractivity contribution in [2.75, 3.05) is 25.5 Å². The summed E-state index contributed by atoms with van der Waals surface area (Å²) in [4.78, 5) is 45.3. The number of likely N-dealkylation sites (N-methyl/N-ethyl adjacent to an activating group) is 1. The van der Waals surface area contributed by atoms with E-state index >= 15 is 0 Å². The van der Waals surface area contributed by atoms with Crippen molar-refractivity contribution in [1.82, 2.24) is 19.4 Å². The molecule has 0 saturated carbocycles. The molecule has 4 aromatic rings. The number of benzene rings is 2. The molecule has 0 spiro atoms. The van der Waals surface area contributed by atoms with Gasteiger partial charge in [0.05, 0.1) is 18.3 Å². The Morgan fingerprint density at radius 2 is 1.83 bits per heavy atom. The molecule has 2 heterocycles. The maximum Gasteiger partial charge on any atom is 0.409 e. The van der Waals surface area contributed by atoms with Crippen LogP contribution >= 0.6 is 0 Å². The Hall–Kier alpha value is -4.40. The highest BCUT2D eigenvalue weighted by Gasteiger charge is 2.17. The Morgan fingerprint density at radius 3 is 2.51 bits per heavy atom. The molecule has 0 unspecified atom stereocenters. The number of anilines is 1. The van der Waals surface area contributed by atoms with Gasteiger partial charge in [0, 0.05) is 30.2 Å². The van der Waals surface area contributed by atoms with Crippen molar-refractivity contribution in [1.29, 1.82) is 0 Å². The van der Waals surface area contributed by atoms with E-state index in [4.69, 9.17) is 4.74 Å². The Balaban J connectivity index is 1.52. The van der Waals surface area contributed by atoms with Crippen LogP contribution in [0.15, 0.2) is 71.9 Å². The SMILES string of the molecule is CC(C)COC(=O)N(C)CC(=O)Nc1ccc(-c2cn(-c3ccccc3)c3nc[nH]c(=O)c23)cc1. The quantitative estimate of drug-likeness (QED) is 0.421. The predicted molar refractivity (Wildman–Crippen MR) is 135 cm³/mol. The second-order valence-electron chi connectivity index (χ2n) is 8.63. The number of rotatable bonds is 7. The number of hydrogen-bond acceptors (Lipinski definition) is 5. The number of nitrogens with one attached hydrogen (secondary N) is 2. The van der Waals surface area contributed by atoms with E-state index in [0.717, 1.165) is 16.8 Å². The third kappa shape index (κ3) is 5.40. The number of ether oxygens (including phenoxy) is 1. The van der Waals surface area contributed by atoms with E-state index < -0.39 is 6.09 Å². The van der Waals surface area contributed by atoms with Crippen molar-refractivity contribution < 1.29 is 14.3 Å². The molecule has 2 aromatic heterocycles. The molecule has 4 rings (SSSR count). The first-order chi connectivity index (χ1) is 16.8. The van der Waals surface area contributed by atoms with Gasteiger partial charge >= 0.3 is 6.09 Å². The minimum Gasteiger partial charge on any atom is -0.449 e.